The molecule has 6 rings (SSSR count). The number of anilines is 1. The van der Waals surface area contributed by atoms with Crippen LogP contribution < -0.4 is 5.73 Å². The van der Waals surface area contributed by atoms with Gasteiger partial charge in [0.15, 0.2) is 23.5 Å². The predicted molar refractivity (Wildman–Crippen MR) is 132 cm³/mol. The molecule has 38 heavy (non-hydrogen) atoms. The van der Waals surface area contributed by atoms with Gasteiger partial charge in [-0.2, -0.15) is 0 Å². The van der Waals surface area contributed by atoms with Gasteiger partial charge in [0.05, 0.1) is 12.9 Å². The summed E-state index contributed by atoms with van der Waals surface area (Å²) in [6.07, 6.45) is -2.15. The highest BCUT2D eigenvalue weighted by molar-refractivity contribution is 7.47. The Labute approximate surface area is 216 Å². The minimum atomic E-state index is -4.16. The number of nitrogen functional groups attached to an aromatic ring is 1. The Bertz CT molecular complexity index is 1470. The molecule has 0 bridgehead atoms. The molecule has 6 atom stereocenters. The van der Waals surface area contributed by atoms with Crippen molar-refractivity contribution in [2.45, 2.75) is 30.6 Å². The molecule has 198 valence electrons. The van der Waals surface area contributed by atoms with Crippen LogP contribution in [0.15, 0.2) is 73.3 Å². The number of aromatic nitrogens is 4. The number of nitrogens with zero attached hydrogens (tertiary/aromatic N) is 4. The van der Waals surface area contributed by atoms with Crippen LogP contribution in [0.3, 0.4) is 0 Å². The van der Waals surface area contributed by atoms with Crippen LogP contribution in [0.25, 0.3) is 11.2 Å². The van der Waals surface area contributed by atoms with Crippen molar-refractivity contribution in [3.05, 3.63) is 84.4 Å². The molecule has 4 heterocycles. The van der Waals surface area contributed by atoms with E-state index in [4.69, 9.17) is 15.0 Å². The summed E-state index contributed by atoms with van der Waals surface area (Å²) >= 11 is 0. The highest BCUT2D eigenvalue weighted by Gasteiger charge is 2.52. The average molecular weight is 541 g/mol. The lowest BCUT2D eigenvalue weighted by molar-refractivity contribution is -0.0664. The van der Waals surface area contributed by atoms with E-state index in [9.17, 15) is 24.5 Å². The van der Waals surface area contributed by atoms with Gasteiger partial charge in [-0.25, -0.2) is 19.5 Å². The smallest absolute Gasteiger partial charge is 0.386 e. The first kappa shape index (κ1) is 26.1. The van der Waals surface area contributed by atoms with Crippen molar-refractivity contribution >= 4 is 30.6 Å². The van der Waals surface area contributed by atoms with Crippen LogP contribution in [0.2, 0.25) is 0 Å². The van der Waals surface area contributed by atoms with Gasteiger partial charge in [-0.05, 0) is 5.56 Å². The number of ether oxygens (including phenoxy) is 1. The summed E-state index contributed by atoms with van der Waals surface area (Å²) in [6.45, 7) is -0.157. The van der Waals surface area contributed by atoms with Crippen LogP contribution in [0.5, 0.6) is 0 Å². The maximum atomic E-state index is 11.9. The fourth-order valence-electron chi connectivity index (χ4n) is 4.17. The van der Waals surface area contributed by atoms with Gasteiger partial charge in [0.1, 0.15) is 36.3 Å². The second-order valence-electron chi connectivity index (χ2n) is 8.52. The number of Topliss-reactive ketones (excluding diaryl/α,β-unsaturated/α-hetero) is 1. The second-order valence-corrected chi connectivity index (χ2v) is 9.92. The van der Waals surface area contributed by atoms with Gasteiger partial charge in [-0.3, -0.25) is 18.4 Å². The molecule has 14 heteroatoms. The van der Waals surface area contributed by atoms with Crippen LogP contribution in [0.4, 0.5) is 5.82 Å². The summed E-state index contributed by atoms with van der Waals surface area (Å²) in [7, 11) is -4.16. The zero-order chi connectivity index (χ0) is 26.9. The summed E-state index contributed by atoms with van der Waals surface area (Å²) in [6, 6.07) is 17.7. The molecule has 4 aromatic rings. The number of fused-ring (bicyclic) bond motifs is 2. The molecule has 5 N–H and O–H groups in total. The standard InChI is InChI=1S/C14H12O2.C10H12N5O6P/c15-13(11-7-3-1-4-8-11)14(16)12-9-5-2-6-10-12;11-8-5-9(13-2-12-8)15(3-14-5)10-6(16)7-4(20-10)1-19-22(17,18)21-7/h1-10,13,15H;2-4,6-7,10,16H,1H2,(H,17,18)(H2,11,12,13)/t;4-,6-,7-,10-/m.1/s1. The van der Waals surface area contributed by atoms with Gasteiger partial charge in [-0.15, -0.1) is 0 Å². The summed E-state index contributed by atoms with van der Waals surface area (Å²) in [5.74, 6) is -0.0695. The van der Waals surface area contributed by atoms with Gasteiger partial charge in [0.25, 0.3) is 0 Å². The molecule has 2 fully saturated rings. The Kier molecular flexibility index (Phi) is 7.32. The highest BCUT2D eigenvalue weighted by Crippen LogP contribution is 2.52. The zero-order valence-corrected chi connectivity index (χ0v) is 20.6. The number of hydrogen-bond donors (Lipinski definition) is 4. The van der Waals surface area contributed by atoms with Crippen LogP contribution in [0, 0.1) is 0 Å². The molecular formula is C24H24N5O8P. The molecular weight excluding hydrogens is 517 g/mol. The van der Waals surface area contributed by atoms with E-state index in [-0.39, 0.29) is 18.2 Å². The molecule has 0 radical (unpaired) electrons. The van der Waals surface area contributed by atoms with Gasteiger partial charge in [-0.1, -0.05) is 60.7 Å². The third kappa shape index (κ3) is 5.22. The number of phosphoric ester groups is 1. The van der Waals surface area contributed by atoms with Crippen LogP contribution >= 0.6 is 7.82 Å². The molecule has 0 spiro atoms. The summed E-state index contributed by atoms with van der Waals surface area (Å²) in [5.41, 5.74) is 7.61. The topological polar surface area (TPSA) is 192 Å². The van der Waals surface area contributed by atoms with E-state index in [2.05, 4.69) is 19.5 Å². The Morgan fingerprint density at radius 2 is 1.76 bits per heavy atom. The first-order valence-corrected chi connectivity index (χ1v) is 13.0. The van der Waals surface area contributed by atoms with E-state index in [0.29, 0.717) is 22.3 Å². The number of phosphoric acid groups is 1. The van der Waals surface area contributed by atoms with Crippen molar-refractivity contribution in [1.82, 2.24) is 19.5 Å². The van der Waals surface area contributed by atoms with E-state index in [1.165, 1.54) is 17.2 Å². The number of benzene rings is 2. The van der Waals surface area contributed by atoms with E-state index >= 15 is 0 Å². The molecule has 2 aliphatic rings. The minimum Gasteiger partial charge on any atom is -0.386 e. The van der Waals surface area contributed by atoms with Crippen molar-refractivity contribution in [3.63, 3.8) is 0 Å². The zero-order valence-electron chi connectivity index (χ0n) is 19.7. The second kappa shape index (κ2) is 10.7. The number of aliphatic hydroxyl groups is 2. The Morgan fingerprint density at radius 1 is 1.08 bits per heavy atom. The van der Waals surface area contributed by atoms with E-state index in [1.807, 2.05) is 12.1 Å². The van der Waals surface area contributed by atoms with E-state index < -0.39 is 38.5 Å². The Morgan fingerprint density at radius 3 is 2.47 bits per heavy atom. The maximum absolute atomic E-state index is 11.9. The van der Waals surface area contributed by atoms with Crippen LogP contribution in [-0.4, -0.2) is 65.3 Å². The lowest BCUT2D eigenvalue weighted by atomic mass is 10.0. The summed E-state index contributed by atoms with van der Waals surface area (Å²) < 4.78 is 28.2. The maximum Gasteiger partial charge on any atom is 0.472 e. The molecule has 0 aliphatic carbocycles. The number of imidazole rings is 1. The molecule has 0 amide bonds. The normalized spacial score (nSPS) is 27.2. The fourth-order valence-corrected chi connectivity index (χ4v) is 5.13. The molecule has 2 aromatic heterocycles. The number of nitrogens with two attached hydrogens (primary N) is 1. The first-order valence-electron chi connectivity index (χ1n) is 11.5. The van der Waals surface area contributed by atoms with Crippen molar-refractivity contribution in [3.8, 4) is 0 Å². The molecule has 2 aromatic carbocycles. The third-order valence-electron chi connectivity index (χ3n) is 6.05. The number of hydrogen-bond acceptors (Lipinski definition) is 11. The monoisotopic (exact) mass is 541 g/mol. The Balaban J connectivity index is 0.000000163. The van der Waals surface area contributed by atoms with Gasteiger partial charge >= 0.3 is 7.82 Å². The van der Waals surface area contributed by atoms with Gasteiger partial charge in [0, 0.05) is 5.56 Å². The molecule has 2 aliphatic heterocycles. The fraction of sp³-hybridized carbons (Fsp3) is 0.250. The largest absolute Gasteiger partial charge is 0.472 e. The lowest BCUT2D eigenvalue weighted by Crippen LogP contribution is -2.39. The molecule has 13 nitrogen and oxygen atoms in total. The van der Waals surface area contributed by atoms with Crippen molar-refractivity contribution in [2.24, 2.45) is 0 Å². The highest BCUT2D eigenvalue weighted by atomic mass is 31.2. The van der Waals surface area contributed by atoms with Crippen molar-refractivity contribution in [1.29, 1.82) is 0 Å². The summed E-state index contributed by atoms with van der Waals surface area (Å²) in [5, 5.41) is 20.2. The SMILES string of the molecule is Nc1ncnc2c1ncn2[C@@H]1O[C@@H]2COP(=O)(O)O[C@H]2[C@H]1O.O=C(c1ccccc1)C(O)c1ccccc1. The van der Waals surface area contributed by atoms with E-state index in [1.54, 1.807) is 48.5 Å². The number of aliphatic hydroxyl groups excluding tert-OH is 2. The third-order valence-corrected chi connectivity index (χ3v) is 7.03. The van der Waals surface area contributed by atoms with E-state index in [0.717, 1.165) is 0 Å². The van der Waals surface area contributed by atoms with Gasteiger partial charge in [0.2, 0.25) is 0 Å². The molecule has 2 unspecified atom stereocenters. The van der Waals surface area contributed by atoms with Crippen LogP contribution in [0.1, 0.15) is 28.3 Å². The number of carbonyl (C=O) groups is 1. The predicted octanol–water partition coefficient (Wildman–Crippen LogP) is 1.79. The quantitative estimate of drug-likeness (QED) is 0.217. The minimum absolute atomic E-state index is 0.157. The Hall–Kier alpha value is -3.55. The van der Waals surface area contributed by atoms with Crippen molar-refractivity contribution < 1.29 is 38.3 Å². The number of carbonyl (C=O) groups excluding carboxylic acids is 1. The van der Waals surface area contributed by atoms with Crippen molar-refractivity contribution in [2.75, 3.05) is 12.3 Å². The summed E-state index contributed by atoms with van der Waals surface area (Å²) in [4.78, 5) is 33.2. The number of ketones is 1. The average Bonchev–Trinajstić information content (AvgIpc) is 3.50. The first-order chi connectivity index (χ1) is 18.2. The van der Waals surface area contributed by atoms with Gasteiger partial charge < -0.3 is 25.6 Å². The van der Waals surface area contributed by atoms with Crippen LogP contribution in [-0.2, 0) is 18.3 Å². The number of rotatable bonds is 4. The molecule has 2 saturated heterocycles. The lowest BCUT2D eigenvalue weighted by Gasteiger charge is -2.27. The molecule has 0 saturated carbocycles.